The molecule has 3 aromatic carbocycles. The summed E-state index contributed by atoms with van der Waals surface area (Å²) < 4.78 is 27.9. The number of rotatable bonds is 11. The molecule has 9 heteroatoms. The Labute approximate surface area is 246 Å². The number of hydrogen-bond acceptors (Lipinski definition) is 4. The molecule has 0 aromatic heterocycles. The minimum Gasteiger partial charge on any atom is -0.355 e. The van der Waals surface area contributed by atoms with Crippen LogP contribution in [0, 0.1) is 0 Å². The van der Waals surface area contributed by atoms with Crippen LogP contribution in [0.4, 0.5) is 5.69 Å². The second-order valence-corrected chi connectivity index (χ2v) is 13.6. The summed E-state index contributed by atoms with van der Waals surface area (Å²) in [6, 6.07) is 23.3. The number of likely N-dealkylation sites (N-methyl/N-ethyl adjacent to an activating group) is 1. The van der Waals surface area contributed by atoms with Gasteiger partial charge >= 0.3 is 0 Å². The van der Waals surface area contributed by atoms with Crippen LogP contribution in [0.15, 0.2) is 83.3 Å². The van der Waals surface area contributed by atoms with Crippen LogP contribution in [0.3, 0.4) is 0 Å². The predicted molar refractivity (Wildman–Crippen MR) is 165 cm³/mol. The maximum atomic E-state index is 14.0. The number of carbonyl (C=O) groups is 2. The Balaban J connectivity index is 2.02. The molecule has 2 amide bonds. The van der Waals surface area contributed by atoms with Crippen LogP contribution >= 0.6 is 15.9 Å². The molecule has 0 saturated carbocycles. The number of sulfonamides is 1. The normalized spacial score (nSPS) is 12.4. The van der Waals surface area contributed by atoms with E-state index < -0.39 is 28.5 Å². The third kappa shape index (κ3) is 8.66. The highest BCUT2D eigenvalue weighted by Gasteiger charge is 2.33. The van der Waals surface area contributed by atoms with E-state index in [4.69, 9.17) is 0 Å². The first-order chi connectivity index (χ1) is 18.8. The molecule has 0 heterocycles. The number of nitrogens with zero attached hydrogens (tertiary/aromatic N) is 2. The van der Waals surface area contributed by atoms with E-state index in [0.717, 1.165) is 31.7 Å². The average molecular weight is 629 g/mol. The lowest BCUT2D eigenvalue weighted by molar-refractivity contribution is -0.140. The number of carbonyl (C=O) groups excluding carboxylic acids is 2. The Bertz CT molecular complexity index is 1390. The average Bonchev–Trinajstić information content (AvgIpc) is 2.90. The number of hydrogen-bond donors (Lipinski definition) is 1. The van der Waals surface area contributed by atoms with Crippen LogP contribution in [0.1, 0.15) is 44.4 Å². The van der Waals surface area contributed by atoms with E-state index in [2.05, 4.69) is 42.0 Å². The third-order valence-electron chi connectivity index (χ3n) is 6.59. The van der Waals surface area contributed by atoms with Gasteiger partial charge in [0, 0.05) is 24.0 Å². The number of nitrogens with one attached hydrogen (secondary N) is 1. The summed E-state index contributed by atoms with van der Waals surface area (Å²) in [5.41, 5.74) is 3.05. The smallest absolute Gasteiger partial charge is 0.244 e. The van der Waals surface area contributed by atoms with Crippen molar-refractivity contribution in [3.63, 3.8) is 0 Å². The van der Waals surface area contributed by atoms with Crippen molar-refractivity contribution in [2.45, 2.75) is 52.1 Å². The van der Waals surface area contributed by atoms with Gasteiger partial charge in [0.1, 0.15) is 12.6 Å². The number of amides is 2. The highest BCUT2D eigenvalue weighted by atomic mass is 79.9. The zero-order valence-electron chi connectivity index (χ0n) is 23.7. The van der Waals surface area contributed by atoms with Gasteiger partial charge in [0.05, 0.1) is 11.9 Å². The first-order valence-corrected chi connectivity index (χ1v) is 15.9. The molecule has 214 valence electrons. The van der Waals surface area contributed by atoms with E-state index in [9.17, 15) is 18.0 Å². The lowest BCUT2D eigenvalue weighted by Gasteiger charge is -2.33. The molecule has 1 atom stereocenters. The first kappa shape index (κ1) is 31.4. The summed E-state index contributed by atoms with van der Waals surface area (Å²) in [5.74, 6) is -0.766. The number of halogens is 1. The first-order valence-electron chi connectivity index (χ1n) is 13.2. The third-order valence-corrected chi connectivity index (χ3v) is 8.26. The molecule has 7 nitrogen and oxygen atoms in total. The van der Waals surface area contributed by atoms with Crippen LogP contribution in [-0.2, 0) is 38.0 Å². The molecule has 0 saturated heterocycles. The highest BCUT2D eigenvalue weighted by molar-refractivity contribution is 9.10. The molecule has 0 spiro atoms. The van der Waals surface area contributed by atoms with Crippen molar-refractivity contribution >= 4 is 43.5 Å². The Morgan fingerprint density at radius 1 is 0.900 bits per heavy atom. The van der Waals surface area contributed by atoms with Crippen molar-refractivity contribution in [3.8, 4) is 0 Å². The van der Waals surface area contributed by atoms with Gasteiger partial charge in [-0.25, -0.2) is 8.42 Å². The fraction of sp³-hybridized carbons (Fsp3) is 0.355. The summed E-state index contributed by atoms with van der Waals surface area (Å²) in [6.45, 7) is 8.16. The minimum atomic E-state index is -3.81. The van der Waals surface area contributed by atoms with Crippen molar-refractivity contribution in [3.05, 3.63) is 100 Å². The van der Waals surface area contributed by atoms with Crippen LogP contribution in [0.25, 0.3) is 0 Å². The Hall–Kier alpha value is -3.17. The van der Waals surface area contributed by atoms with Gasteiger partial charge < -0.3 is 10.2 Å². The molecule has 0 bridgehead atoms. The molecule has 3 aromatic rings. The monoisotopic (exact) mass is 627 g/mol. The molecule has 0 aliphatic heterocycles. The van der Waals surface area contributed by atoms with Crippen LogP contribution < -0.4 is 9.62 Å². The second-order valence-electron chi connectivity index (χ2n) is 10.8. The van der Waals surface area contributed by atoms with E-state index in [1.807, 2.05) is 73.7 Å². The second kappa shape index (κ2) is 13.5. The van der Waals surface area contributed by atoms with Crippen molar-refractivity contribution in [2.24, 2.45) is 0 Å². The van der Waals surface area contributed by atoms with Gasteiger partial charge in [-0.3, -0.25) is 13.9 Å². The van der Waals surface area contributed by atoms with Gasteiger partial charge in [0.2, 0.25) is 21.8 Å². The molecule has 0 aliphatic rings. The molecular weight excluding hydrogens is 590 g/mol. The van der Waals surface area contributed by atoms with E-state index in [1.54, 1.807) is 12.1 Å². The summed E-state index contributed by atoms with van der Waals surface area (Å²) in [4.78, 5) is 28.9. The molecule has 0 radical (unpaired) electrons. The maximum absolute atomic E-state index is 14.0. The van der Waals surface area contributed by atoms with Crippen LogP contribution in [-0.4, -0.2) is 50.5 Å². The van der Waals surface area contributed by atoms with Gasteiger partial charge in [-0.2, -0.15) is 0 Å². The lowest BCUT2D eigenvalue weighted by Crippen LogP contribution is -2.53. The van der Waals surface area contributed by atoms with Gasteiger partial charge in [0.25, 0.3) is 0 Å². The summed E-state index contributed by atoms with van der Waals surface area (Å²) in [7, 11) is -3.81. The molecule has 1 N–H and O–H groups in total. The molecule has 0 unspecified atom stereocenters. The summed E-state index contributed by atoms with van der Waals surface area (Å²) in [5, 5.41) is 2.86. The number of anilines is 1. The molecule has 40 heavy (non-hydrogen) atoms. The largest absolute Gasteiger partial charge is 0.355 e. The van der Waals surface area contributed by atoms with Gasteiger partial charge in [-0.05, 0) is 53.3 Å². The molecule has 3 rings (SSSR count). The molecule has 0 fully saturated rings. The zero-order chi connectivity index (χ0) is 29.5. The fourth-order valence-electron chi connectivity index (χ4n) is 4.37. The molecular formula is C31H38BrN3O4S. The summed E-state index contributed by atoms with van der Waals surface area (Å²) >= 11 is 3.44. The van der Waals surface area contributed by atoms with E-state index in [0.29, 0.717) is 12.2 Å². The zero-order valence-corrected chi connectivity index (χ0v) is 26.1. The quantitative estimate of drug-likeness (QED) is 0.313. The van der Waals surface area contributed by atoms with Crippen LogP contribution in [0.5, 0.6) is 0 Å². The van der Waals surface area contributed by atoms with E-state index in [-0.39, 0.29) is 24.3 Å². The lowest BCUT2D eigenvalue weighted by atomic mass is 9.87. The van der Waals surface area contributed by atoms with Gasteiger partial charge in [-0.15, -0.1) is 0 Å². The SMILES string of the molecule is CCNC(=O)[C@H](Cc1ccccc1)N(Cc1ccc(Br)cc1)C(=O)CN(c1ccc(C(C)(C)C)cc1)S(C)(=O)=O. The fourth-order valence-corrected chi connectivity index (χ4v) is 5.49. The number of benzene rings is 3. The Morgan fingerprint density at radius 3 is 2.02 bits per heavy atom. The maximum Gasteiger partial charge on any atom is 0.244 e. The van der Waals surface area contributed by atoms with Gasteiger partial charge in [0.15, 0.2) is 0 Å². The predicted octanol–water partition coefficient (Wildman–Crippen LogP) is 5.29. The standard InChI is InChI=1S/C31H38BrN3O4S/c1-6-33-30(37)28(20-23-10-8-7-9-11-23)34(21-24-12-16-26(32)17-13-24)29(36)22-35(40(5,38)39)27-18-14-25(15-19-27)31(2,3)4/h7-19,28H,6,20-22H2,1-5H3,(H,33,37)/t28-/m0/s1. The van der Waals surface area contributed by atoms with Crippen molar-refractivity contribution in [2.75, 3.05) is 23.7 Å². The van der Waals surface area contributed by atoms with E-state index >= 15 is 0 Å². The van der Waals surface area contributed by atoms with Crippen molar-refractivity contribution in [1.82, 2.24) is 10.2 Å². The highest BCUT2D eigenvalue weighted by Crippen LogP contribution is 2.26. The topological polar surface area (TPSA) is 86.8 Å². The summed E-state index contributed by atoms with van der Waals surface area (Å²) in [6.07, 6.45) is 1.37. The van der Waals surface area contributed by atoms with Gasteiger partial charge in [-0.1, -0.05) is 91.3 Å². The van der Waals surface area contributed by atoms with Crippen molar-refractivity contribution < 1.29 is 18.0 Å². The minimum absolute atomic E-state index is 0.108. The Morgan fingerprint density at radius 2 is 1.50 bits per heavy atom. The Kier molecular flexibility index (Phi) is 10.6. The van der Waals surface area contributed by atoms with Crippen LogP contribution in [0.2, 0.25) is 0 Å². The van der Waals surface area contributed by atoms with E-state index in [1.165, 1.54) is 4.90 Å². The van der Waals surface area contributed by atoms with Crippen molar-refractivity contribution in [1.29, 1.82) is 0 Å². The molecule has 0 aliphatic carbocycles.